The summed E-state index contributed by atoms with van der Waals surface area (Å²) in [5, 5.41) is 0. The smallest absolute Gasteiger partial charge is 0.119 e. The first-order valence-corrected chi connectivity index (χ1v) is 10.9. The zero-order chi connectivity index (χ0) is 19.2. The predicted molar refractivity (Wildman–Crippen MR) is 118 cm³/mol. The largest absolute Gasteiger partial charge is 0.494 e. The lowest BCUT2D eigenvalue weighted by Crippen LogP contribution is -2.12. The average molecular weight is 365 g/mol. The van der Waals surface area contributed by atoms with Crippen LogP contribution in [0.15, 0.2) is 42.5 Å². The standard InChI is InChI=1S/C26H36O/c1-3-5-11-23-14-16-24(17-15-23)12-9-7-8-10-13-25-18-20-26(21-19-25)27-22-6-4-2/h9-10,12-13,18-21,23-24H,3-6,11,14-17,22H2,1-2H3/b12-9+,13-10+. The molecule has 2 rings (SSSR count). The summed E-state index contributed by atoms with van der Waals surface area (Å²) < 4.78 is 5.68. The highest BCUT2D eigenvalue weighted by molar-refractivity contribution is 5.54. The number of hydrogen-bond donors (Lipinski definition) is 0. The molecular formula is C26H36O. The molecule has 1 aliphatic carbocycles. The molecule has 1 saturated carbocycles. The number of allylic oxidation sites excluding steroid dienone is 3. The third kappa shape index (κ3) is 9.00. The van der Waals surface area contributed by atoms with E-state index in [-0.39, 0.29) is 0 Å². The maximum atomic E-state index is 5.68. The quantitative estimate of drug-likeness (QED) is 0.327. The molecule has 0 aromatic heterocycles. The average Bonchev–Trinajstić information content (AvgIpc) is 2.71. The van der Waals surface area contributed by atoms with Crippen molar-refractivity contribution in [1.82, 2.24) is 0 Å². The lowest BCUT2D eigenvalue weighted by Gasteiger charge is -2.26. The zero-order valence-corrected chi connectivity index (χ0v) is 17.3. The topological polar surface area (TPSA) is 9.23 Å². The molecule has 1 nitrogen and oxygen atoms in total. The van der Waals surface area contributed by atoms with Gasteiger partial charge in [-0.1, -0.05) is 69.6 Å². The number of benzene rings is 1. The summed E-state index contributed by atoms with van der Waals surface area (Å²) in [4.78, 5) is 0. The molecule has 27 heavy (non-hydrogen) atoms. The van der Waals surface area contributed by atoms with Crippen LogP contribution in [0.4, 0.5) is 0 Å². The fraction of sp³-hybridized carbons (Fsp3) is 0.538. The van der Waals surface area contributed by atoms with Gasteiger partial charge in [0.25, 0.3) is 0 Å². The highest BCUT2D eigenvalue weighted by Crippen LogP contribution is 2.32. The van der Waals surface area contributed by atoms with Gasteiger partial charge in [0, 0.05) is 0 Å². The molecule has 0 spiro atoms. The van der Waals surface area contributed by atoms with E-state index in [2.05, 4.69) is 50.0 Å². The van der Waals surface area contributed by atoms with Gasteiger partial charge in [-0.2, -0.15) is 0 Å². The van der Waals surface area contributed by atoms with Crippen LogP contribution in [0, 0.1) is 23.7 Å². The summed E-state index contributed by atoms with van der Waals surface area (Å²) in [5.74, 6) is 8.93. The van der Waals surface area contributed by atoms with Gasteiger partial charge in [0.15, 0.2) is 0 Å². The molecule has 1 fully saturated rings. The Kier molecular flexibility index (Phi) is 10.5. The van der Waals surface area contributed by atoms with Crippen molar-refractivity contribution in [2.45, 2.75) is 71.6 Å². The molecule has 1 heteroatoms. The monoisotopic (exact) mass is 364 g/mol. The van der Waals surface area contributed by atoms with Crippen LogP contribution in [0.5, 0.6) is 5.75 Å². The summed E-state index contributed by atoms with van der Waals surface area (Å²) in [5.41, 5.74) is 1.15. The van der Waals surface area contributed by atoms with E-state index < -0.39 is 0 Å². The van der Waals surface area contributed by atoms with Crippen molar-refractivity contribution in [3.05, 3.63) is 48.1 Å². The second kappa shape index (κ2) is 13.3. The normalized spacial score (nSPS) is 19.9. The van der Waals surface area contributed by atoms with Gasteiger partial charge in [-0.25, -0.2) is 0 Å². The fourth-order valence-electron chi connectivity index (χ4n) is 3.59. The Balaban J connectivity index is 1.68. The van der Waals surface area contributed by atoms with Crippen LogP contribution in [0.25, 0.3) is 6.08 Å². The van der Waals surface area contributed by atoms with E-state index in [1.807, 2.05) is 24.3 Å². The second-order valence-corrected chi connectivity index (χ2v) is 7.68. The molecule has 0 unspecified atom stereocenters. The minimum Gasteiger partial charge on any atom is -0.494 e. The molecular weight excluding hydrogens is 328 g/mol. The van der Waals surface area contributed by atoms with Crippen molar-refractivity contribution in [2.75, 3.05) is 6.61 Å². The lowest BCUT2D eigenvalue weighted by atomic mass is 9.80. The van der Waals surface area contributed by atoms with Gasteiger partial charge in [0.2, 0.25) is 0 Å². The third-order valence-electron chi connectivity index (χ3n) is 5.40. The van der Waals surface area contributed by atoms with E-state index in [9.17, 15) is 0 Å². The van der Waals surface area contributed by atoms with Crippen LogP contribution in [0.3, 0.4) is 0 Å². The number of unbranched alkanes of at least 4 members (excludes halogenated alkanes) is 2. The lowest BCUT2D eigenvalue weighted by molar-refractivity contribution is 0.291. The first kappa shape index (κ1) is 21.4. The van der Waals surface area contributed by atoms with Gasteiger partial charge in [0.1, 0.15) is 5.75 Å². The SMILES string of the molecule is CCCCOc1ccc(/C=C/C#C/C=C/C2CCC(CCCC)CC2)cc1. The van der Waals surface area contributed by atoms with Crippen molar-refractivity contribution in [2.24, 2.45) is 11.8 Å². The van der Waals surface area contributed by atoms with Crippen LogP contribution >= 0.6 is 0 Å². The third-order valence-corrected chi connectivity index (χ3v) is 5.40. The maximum Gasteiger partial charge on any atom is 0.119 e. The maximum absolute atomic E-state index is 5.68. The summed E-state index contributed by atoms with van der Waals surface area (Å²) in [6.45, 7) is 5.26. The number of rotatable bonds is 9. The van der Waals surface area contributed by atoms with Crippen LogP contribution in [0.1, 0.15) is 77.2 Å². The minimum atomic E-state index is 0.737. The van der Waals surface area contributed by atoms with Gasteiger partial charge in [-0.05, 0) is 79.9 Å². The highest BCUT2D eigenvalue weighted by atomic mass is 16.5. The molecule has 0 saturated heterocycles. The van der Waals surface area contributed by atoms with Crippen molar-refractivity contribution < 1.29 is 4.74 Å². The van der Waals surface area contributed by atoms with Crippen LogP contribution in [0.2, 0.25) is 0 Å². The van der Waals surface area contributed by atoms with E-state index >= 15 is 0 Å². The van der Waals surface area contributed by atoms with Crippen molar-refractivity contribution >= 4 is 6.08 Å². The van der Waals surface area contributed by atoms with E-state index in [1.165, 1.54) is 44.9 Å². The molecule has 0 amide bonds. The number of hydrogen-bond acceptors (Lipinski definition) is 1. The molecule has 0 atom stereocenters. The molecule has 0 radical (unpaired) electrons. The molecule has 1 aliphatic rings. The molecule has 0 N–H and O–H groups in total. The zero-order valence-electron chi connectivity index (χ0n) is 17.3. The van der Waals surface area contributed by atoms with Crippen LogP contribution in [-0.2, 0) is 0 Å². The Morgan fingerprint density at radius 3 is 2.33 bits per heavy atom. The van der Waals surface area contributed by atoms with Crippen molar-refractivity contribution in [1.29, 1.82) is 0 Å². The van der Waals surface area contributed by atoms with Crippen molar-refractivity contribution in [3.8, 4) is 17.6 Å². The van der Waals surface area contributed by atoms with Gasteiger partial charge in [-0.15, -0.1) is 0 Å². The second-order valence-electron chi connectivity index (χ2n) is 7.68. The van der Waals surface area contributed by atoms with Gasteiger partial charge in [0.05, 0.1) is 6.61 Å². The van der Waals surface area contributed by atoms with Gasteiger partial charge < -0.3 is 4.74 Å². The van der Waals surface area contributed by atoms with Crippen molar-refractivity contribution in [3.63, 3.8) is 0 Å². The Bertz CT molecular complexity index is 618. The molecule has 146 valence electrons. The Morgan fingerprint density at radius 1 is 0.926 bits per heavy atom. The first-order valence-electron chi connectivity index (χ1n) is 10.9. The van der Waals surface area contributed by atoms with Gasteiger partial charge in [-0.3, -0.25) is 0 Å². The summed E-state index contributed by atoms with van der Waals surface area (Å²) in [6, 6.07) is 8.21. The Morgan fingerprint density at radius 2 is 1.63 bits per heavy atom. The van der Waals surface area contributed by atoms with Gasteiger partial charge >= 0.3 is 0 Å². The fourth-order valence-corrected chi connectivity index (χ4v) is 3.59. The molecule has 1 aromatic rings. The van der Waals surface area contributed by atoms with Crippen LogP contribution < -0.4 is 4.74 Å². The molecule has 0 aliphatic heterocycles. The summed E-state index contributed by atoms with van der Waals surface area (Å²) in [7, 11) is 0. The number of ether oxygens (including phenoxy) is 1. The van der Waals surface area contributed by atoms with E-state index in [0.717, 1.165) is 42.6 Å². The molecule has 1 aromatic carbocycles. The van der Waals surface area contributed by atoms with E-state index in [4.69, 9.17) is 4.74 Å². The van der Waals surface area contributed by atoms with E-state index in [0.29, 0.717) is 0 Å². The Hall–Kier alpha value is -1.94. The Labute approximate surface area is 166 Å². The predicted octanol–water partition coefficient (Wildman–Crippen LogP) is 7.43. The molecule has 0 heterocycles. The minimum absolute atomic E-state index is 0.737. The molecule has 0 bridgehead atoms. The first-order chi connectivity index (χ1) is 13.3. The van der Waals surface area contributed by atoms with E-state index in [1.54, 1.807) is 0 Å². The summed E-state index contributed by atoms with van der Waals surface area (Å²) in [6.07, 6.45) is 20.3. The highest BCUT2D eigenvalue weighted by Gasteiger charge is 2.18. The van der Waals surface area contributed by atoms with Crippen LogP contribution in [-0.4, -0.2) is 6.61 Å². The summed E-state index contributed by atoms with van der Waals surface area (Å²) >= 11 is 0.